The van der Waals surface area contributed by atoms with Gasteiger partial charge in [0, 0.05) is 31.0 Å². The van der Waals surface area contributed by atoms with Gasteiger partial charge in [0.2, 0.25) is 5.91 Å². The van der Waals surface area contributed by atoms with Gasteiger partial charge in [0.1, 0.15) is 0 Å². The average molecular weight is 311 g/mol. The van der Waals surface area contributed by atoms with E-state index in [0.717, 1.165) is 17.8 Å². The van der Waals surface area contributed by atoms with E-state index in [1.165, 1.54) is 12.5 Å². The van der Waals surface area contributed by atoms with Crippen LogP contribution in [-0.2, 0) is 11.2 Å². The number of nitrogens with one attached hydrogen (secondary N) is 2. The monoisotopic (exact) mass is 311 g/mol. The molecule has 2 aromatic carbocycles. The molecule has 0 heterocycles. The summed E-state index contributed by atoms with van der Waals surface area (Å²) in [6.07, 6.45) is 0.966. The summed E-state index contributed by atoms with van der Waals surface area (Å²) in [5.41, 5.74) is 3.40. The Kier molecular flexibility index (Phi) is 5.36. The molecule has 0 aliphatic heterocycles. The predicted molar refractivity (Wildman–Crippen MR) is 94.0 cm³/mol. The molecule has 2 rings (SSSR count). The number of amides is 3. The van der Waals surface area contributed by atoms with Crippen molar-refractivity contribution >= 4 is 29.0 Å². The van der Waals surface area contributed by atoms with Crippen molar-refractivity contribution in [3.8, 4) is 0 Å². The molecular formula is C18H21N3O2. The van der Waals surface area contributed by atoms with Crippen LogP contribution in [0.25, 0.3) is 0 Å². The molecule has 120 valence electrons. The normalized spacial score (nSPS) is 10.0. The fourth-order valence-electron chi connectivity index (χ4n) is 2.07. The van der Waals surface area contributed by atoms with E-state index in [-0.39, 0.29) is 11.9 Å². The molecule has 0 saturated carbocycles. The summed E-state index contributed by atoms with van der Waals surface area (Å²) in [7, 11) is 1.71. The zero-order valence-corrected chi connectivity index (χ0v) is 13.6. The second-order valence-corrected chi connectivity index (χ2v) is 5.25. The minimum absolute atomic E-state index is 0.0426. The van der Waals surface area contributed by atoms with Gasteiger partial charge in [-0.2, -0.15) is 0 Å². The van der Waals surface area contributed by atoms with Crippen LogP contribution in [0.3, 0.4) is 0 Å². The van der Waals surface area contributed by atoms with Crippen molar-refractivity contribution in [2.75, 3.05) is 22.6 Å². The van der Waals surface area contributed by atoms with Crippen LogP contribution < -0.4 is 15.5 Å². The van der Waals surface area contributed by atoms with Crippen molar-refractivity contribution in [3.63, 3.8) is 0 Å². The lowest BCUT2D eigenvalue weighted by Gasteiger charge is -2.15. The van der Waals surface area contributed by atoms with Crippen LogP contribution in [0.4, 0.5) is 21.9 Å². The quantitative estimate of drug-likeness (QED) is 0.900. The van der Waals surface area contributed by atoms with E-state index in [2.05, 4.69) is 17.6 Å². The second kappa shape index (κ2) is 7.45. The van der Waals surface area contributed by atoms with Gasteiger partial charge in [0.25, 0.3) is 0 Å². The number of urea groups is 1. The van der Waals surface area contributed by atoms with E-state index in [1.54, 1.807) is 36.2 Å². The summed E-state index contributed by atoms with van der Waals surface area (Å²) in [5, 5.41) is 5.54. The average Bonchev–Trinajstić information content (AvgIpc) is 2.55. The number of carbonyl (C=O) groups excluding carboxylic acids is 2. The highest BCUT2D eigenvalue weighted by atomic mass is 16.2. The third kappa shape index (κ3) is 4.57. The molecule has 2 N–H and O–H groups in total. The minimum Gasteiger partial charge on any atom is -0.316 e. The van der Waals surface area contributed by atoms with Gasteiger partial charge < -0.3 is 15.5 Å². The van der Waals surface area contributed by atoms with E-state index in [1.807, 2.05) is 24.3 Å². The minimum atomic E-state index is -0.304. The first kappa shape index (κ1) is 16.5. The van der Waals surface area contributed by atoms with Gasteiger partial charge in [-0.3, -0.25) is 4.79 Å². The molecule has 0 fully saturated rings. The van der Waals surface area contributed by atoms with E-state index in [4.69, 9.17) is 0 Å². The highest BCUT2D eigenvalue weighted by molar-refractivity contribution is 6.00. The van der Waals surface area contributed by atoms with Crippen LogP contribution in [0, 0.1) is 0 Å². The highest BCUT2D eigenvalue weighted by Gasteiger charge is 2.06. The topological polar surface area (TPSA) is 61.4 Å². The summed E-state index contributed by atoms with van der Waals surface area (Å²) in [4.78, 5) is 24.8. The fourth-order valence-corrected chi connectivity index (χ4v) is 2.07. The highest BCUT2D eigenvalue weighted by Crippen LogP contribution is 2.17. The third-order valence-electron chi connectivity index (χ3n) is 3.60. The van der Waals surface area contributed by atoms with Crippen molar-refractivity contribution in [3.05, 3.63) is 54.1 Å². The van der Waals surface area contributed by atoms with Crippen LogP contribution in [0.5, 0.6) is 0 Å². The summed E-state index contributed by atoms with van der Waals surface area (Å²) < 4.78 is 0. The Morgan fingerprint density at radius 2 is 1.39 bits per heavy atom. The van der Waals surface area contributed by atoms with Crippen molar-refractivity contribution in [1.82, 2.24) is 0 Å². The van der Waals surface area contributed by atoms with Gasteiger partial charge in [0.05, 0.1) is 0 Å². The van der Waals surface area contributed by atoms with Gasteiger partial charge in [0.15, 0.2) is 0 Å². The molecule has 3 amide bonds. The Balaban J connectivity index is 1.95. The van der Waals surface area contributed by atoms with Crippen LogP contribution >= 0.6 is 0 Å². The third-order valence-corrected chi connectivity index (χ3v) is 3.60. The van der Waals surface area contributed by atoms with Crippen molar-refractivity contribution in [1.29, 1.82) is 0 Å². The standard InChI is InChI=1S/C18H21N3O2/c1-4-14-5-7-15(8-6-14)19-18(23)20-16-9-11-17(12-10-16)21(3)13(2)22/h5-12H,4H2,1-3H3,(H2,19,20,23). The fraction of sp³-hybridized carbons (Fsp3) is 0.222. The second-order valence-electron chi connectivity index (χ2n) is 5.25. The largest absolute Gasteiger partial charge is 0.323 e. The van der Waals surface area contributed by atoms with Crippen LogP contribution in [0.1, 0.15) is 19.4 Å². The van der Waals surface area contributed by atoms with Gasteiger partial charge in [-0.1, -0.05) is 19.1 Å². The lowest BCUT2D eigenvalue weighted by molar-refractivity contribution is -0.116. The summed E-state index contributed by atoms with van der Waals surface area (Å²) in [6, 6.07) is 14.5. The Labute approximate surface area is 136 Å². The van der Waals surface area contributed by atoms with Crippen LogP contribution in [0.2, 0.25) is 0 Å². The maximum atomic E-state index is 12.0. The Morgan fingerprint density at radius 1 is 0.913 bits per heavy atom. The first-order chi connectivity index (χ1) is 11.0. The SMILES string of the molecule is CCc1ccc(NC(=O)Nc2ccc(N(C)C(C)=O)cc2)cc1. The van der Waals surface area contributed by atoms with Gasteiger partial charge in [-0.25, -0.2) is 4.79 Å². The number of hydrogen-bond donors (Lipinski definition) is 2. The maximum absolute atomic E-state index is 12.0. The predicted octanol–water partition coefficient (Wildman–Crippen LogP) is 3.88. The lowest BCUT2D eigenvalue weighted by atomic mass is 10.1. The number of benzene rings is 2. The number of aryl methyl sites for hydroxylation is 1. The van der Waals surface area contributed by atoms with Crippen LogP contribution in [-0.4, -0.2) is 19.0 Å². The number of carbonyl (C=O) groups is 2. The summed E-state index contributed by atoms with van der Waals surface area (Å²) >= 11 is 0. The van der Waals surface area contributed by atoms with Gasteiger partial charge in [-0.05, 0) is 48.4 Å². The molecule has 0 aliphatic rings. The molecule has 2 aromatic rings. The Bertz CT molecular complexity index is 678. The van der Waals surface area contributed by atoms with Gasteiger partial charge >= 0.3 is 6.03 Å². The first-order valence-corrected chi connectivity index (χ1v) is 7.51. The van der Waals surface area contributed by atoms with E-state index in [9.17, 15) is 9.59 Å². The van der Waals surface area contributed by atoms with Crippen molar-refractivity contribution < 1.29 is 9.59 Å². The molecule has 5 heteroatoms. The lowest BCUT2D eigenvalue weighted by Crippen LogP contribution is -2.23. The Hall–Kier alpha value is -2.82. The molecule has 0 bridgehead atoms. The molecule has 0 aliphatic carbocycles. The zero-order chi connectivity index (χ0) is 16.8. The molecule has 0 unspecified atom stereocenters. The first-order valence-electron chi connectivity index (χ1n) is 7.51. The summed E-state index contributed by atoms with van der Waals surface area (Å²) in [5.74, 6) is -0.0426. The molecule has 23 heavy (non-hydrogen) atoms. The van der Waals surface area contributed by atoms with E-state index in [0.29, 0.717) is 5.69 Å². The maximum Gasteiger partial charge on any atom is 0.323 e. The molecule has 0 atom stereocenters. The molecular weight excluding hydrogens is 290 g/mol. The van der Waals surface area contributed by atoms with Crippen LogP contribution in [0.15, 0.2) is 48.5 Å². The molecule has 5 nitrogen and oxygen atoms in total. The van der Waals surface area contributed by atoms with Crippen molar-refractivity contribution in [2.24, 2.45) is 0 Å². The Morgan fingerprint density at radius 3 is 1.83 bits per heavy atom. The zero-order valence-electron chi connectivity index (χ0n) is 13.6. The summed E-state index contributed by atoms with van der Waals surface area (Å²) in [6.45, 7) is 3.59. The van der Waals surface area contributed by atoms with Crippen molar-refractivity contribution in [2.45, 2.75) is 20.3 Å². The van der Waals surface area contributed by atoms with E-state index >= 15 is 0 Å². The molecule has 0 radical (unpaired) electrons. The molecule has 0 spiro atoms. The number of nitrogens with zero attached hydrogens (tertiary/aromatic N) is 1. The van der Waals surface area contributed by atoms with Gasteiger partial charge in [-0.15, -0.1) is 0 Å². The molecule has 0 aromatic heterocycles. The number of rotatable bonds is 4. The van der Waals surface area contributed by atoms with E-state index < -0.39 is 0 Å². The number of hydrogen-bond acceptors (Lipinski definition) is 2. The number of anilines is 3. The smallest absolute Gasteiger partial charge is 0.316 e. The molecule has 0 saturated heterocycles.